The molecule has 2 spiro atoms. The smallest absolute Gasteiger partial charge is 0.227 e. The average molecular weight is 439 g/mol. The number of halogens is 1. The lowest BCUT2D eigenvalue weighted by molar-refractivity contribution is -0.265. The van der Waals surface area contributed by atoms with Crippen LogP contribution in [-0.4, -0.2) is 47.7 Å². The Balaban J connectivity index is 1.48. The SMILES string of the molecule is C[C@H]1C[C@H]2[C@@H]3CCC4=CCCC[C@]4(C)[C@@]3(Cl)[C@@H](O)C[C@]2(C)[C@]12OCOC21COCO1. The summed E-state index contributed by atoms with van der Waals surface area (Å²) in [6.07, 6.45) is 8.95. The third-order valence-electron chi connectivity index (χ3n) is 10.5. The maximum absolute atomic E-state index is 11.8. The second-order valence-electron chi connectivity index (χ2n) is 11.3. The van der Waals surface area contributed by atoms with Gasteiger partial charge < -0.3 is 24.1 Å². The molecular formula is C24H35ClO5. The van der Waals surface area contributed by atoms with Crippen LogP contribution < -0.4 is 0 Å². The predicted octanol–water partition coefficient (Wildman–Crippen LogP) is 4.36. The first kappa shape index (κ1) is 20.4. The maximum Gasteiger partial charge on any atom is 0.227 e. The van der Waals surface area contributed by atoms with Gasteiger partial charge in [0.05, 0.1) is 11.0 Å². The third-order valence-corrected chi connectivity index (χ3v) is 11.4. The number of ether oxygens (including phenoxy) is 4. The monoisotopic (exact) mass is 438 g/mol. The van der Waals surface area contributed by atoms with Crippen LogP contribution in [0, 0.1) is 28.6 Å². The van der Waals surface area contributed by atoms with E-state index in [2.05, 4.69) is 26.8 Å². The zero-order valence-electron chi connectivity index (χ0n) is 18.4. The first-order chi connectivity index (χ1) is 14.3. The van der Waals surface area contributed by atoms with E-state index in [1.807, 2.05) is 0 Å². The molecular weight excluding hydrogens is 404 g/mol. The number of fused-ring (bicyclic) bond motifs is 7. The first-order valence-corrected chi connectivity index (χ1v) is 12.2. The van der Waals surface area contributed by atoms with Crippen LogP contribution in [-0.2, 0) is 18.9 Å². The van der Waals surface area contributed by atoms with Gasteiger partial charge in [0.1, 0.15) is 12.2 Å². The summed E-state index contributed by atoms with van der Waals surface area (Å²) in [4.78, 5) is -0.618. The van der Waals surface area contributed by atoms with Crippen LogP contribution >= 0.6 is 11.6 Å². The number of hydrogen-bond acceptors (Lipinski definition) is 5. The van der Waals surface area contributed by atoms with Crippen molar-refractivity contribution in [2.45, 2.75) is 88.1 Å². The normalized spacial score (nSPS) is 59.8. The van der Waals surface area contributed by atoms with Gasteiger partial charge in [0.2, 0.25) is 5.79 Å². The molecule has 2 saturated heterocycles. The molecule has 2 heterocycles. The molecule has 6 heteroatoms. The van der Waals surface area contributed by atoms with Gasteiger partial charge in [0.25, 0.3) is 0 Å². The van der Waals surface area contributed by atoms with E-state index in [1.165, 1.54) is 5.57 Å². The molecule has 0 amide bonds. The summed E-state index contributed by atoms with van der Waals surface area (Å²) in [6.45, 7) is 7.72. The quantitative estimate of drug-likeness (QED) is 0.449. The van der Waals surface area contributed by atoms with Crippen molar-refractivity contribution in [1.82, 2.24) is 0 Å². The summed E-state index contributed by atoms with van der Waals surface area (Å²) in [5.74, 6) is -0.0368. The Morgan fingerprint density at radius 3 is 2.70 bits per heavy atom. The van der Waals surface area contributed by atoms with Crippen molar-refractivity contribution in [2.24, 2.45) is 28.6 Å². The highest BCUT2D eigenvalue weighted by atomic mass is 35.5. The molecule has 4 aliphatic carbocycles. The van der Waals surface area contributed by atoms with Gasteiger partial charge in [-0.1, -0.05) is 32.4 Å². The summed E-state index contributed by atoms with van der Waals surface area (Å²) in [6, 6.07) is 0. The molecule has 5 fully saturated rings. The van der Waals surface area contributed by atoms with Crippen molar-refractivity contribution in [3.05, 3.63) is 11.6 Å². The van der Waals surface area contributed by atoms with Crippen LogP contribution in [0.1, 0.15) is 65.7 Å². The molecule has 6 rings (SSSR count). The number of hydrogen-bond donors (Lipinski definition) is 1. The highest BCUT2D eigenvalue weighted by Crippen LogP contribution is 2.75. The van der Waals surface area contributed by atoms with Crippen molar-refractivity contribution >= 4 is 11.6 Å². The highest BCUT2D eigenvalue weighted by Gasteiger charge is 2.81. The Morgan fingerprint density at radius 2 is 1.93 bits per heavy atom. The van der Waals surface area contributed by atoms with E-state index in [0.717, 1.165) is 38.5 Å². The van der Waals surface area contributed by atoms with Gasteiger partial charge in [-0.05, 0) is 62.7 Å². The summed E-state index contributed by atoms with van der Waals surface area (Å²) in [5.41, 5.74) is 0.440. The molecule has 168 valence electrons. The topological polar surface area (TPSA) is 57.2 Å². The number of allylic oxidation sites excluding steroid dienone is 2. The number of rotatable bonds is 0. The Hall–Kier alpha value is -0.170. The van der Waals surface area contributed by atoms with Crippen LogP contribution in [0.2, 0.25) is 0 Å². The number of aliphatic hydroxyl groups excluding tert-OH is 1. The maximum atomic E-state index is 11.8. The van der Waals surface area contributed by atoms with Crippen LogP contribution in [0.4, 0.5) is 0 Å². The van der Waals surface area contributed by atoms with E-state index in [1.54, 1.807) is 0 Å². The second kappa shape index (κ2) is 6.24. The Bertz CT molecular complexity index is 774. The zero-order chi connectivity index (χ0) is 21.0. The second-order valence-corrected chi connectivity index (χ2v) is 11.9. The van der Waals surface area contributed by atoms with Crippen molar-refractivity contribution in [2.75, 3.05) is 20.2 Å². The zero-order valence-corrected chi connectivity index (χ0v) is 19.2. The number of alkyl halides is 1. The molecule has 0 radical (unpaired) electrons. The molecule has 2 aliphatic heterocycles. The minimum absolute atomic E-state index is 0.132. The molecule has 0 aromatic rings. The van der Waals surface area contributed by atoms with Gasteiger partial charge in [-0.3, -0.25) is 0 Å². The van der Waals surface area contributed by atoms with Gasteiger partial charge in [-0.25, -0.2) is 0 Å². The van der Waals surface area contributed by atoms with E-state index in [9.17, 15) is 5.11 Å². The van der Waals surface area contributed by atoms with Gasteiger partial charge in [-0.2, -0.15) is 0 Å². The van der Waals surface area contributed by atoms with E-state index in [0.29, 0.717) is 18.9 Å². The molecule has 3 saturated carbocycles. The van der Waals surface area contributed by atoms with Crippen molar-refractivity contribution < 1.29 is 24.1 Å². The van der Waals surface area contributed by atoms with Gasteiger partial charge >= 0.3 is 0 Å². The lowest BCUT2D eigenvalue weighted by atomic mass is 9.44. The summed E-state index contributed by atoms with van der Waals surface area (Å²) in [5, 5.41) is 11.8. The molecule has 0 bridgehead atoms. The van der Waals surface area contributed by atoms with Gasteiger partial charge in [-0.15, -0.1) is 11.6 Å². The molecule has 9 atom stereocenters. The number of aliphatic hydroxyl groups is 1. The standard InChI is InChI=1S/C24H35ClO5/c1-15-10-18-17-8-7-16-6-4-5-9-20(16,2)23(17,25)19(26)11-21(18,3)24(15)22(29-14-30-24)12-27-13-28-22/h6,15,17-19,26H,4-5,7-14H2,1-3H3/t15-,17-,18-,19-,20-,21-,22?,23-,24+/m0/s1. The van der Waals surface area contributed by atoms with Crippen LogP contribution in [0.25, 0.3) is 0 Å². The Morgan fingerprint density at radius 1 is 1.13 bits per heavy atom. The minimum atomic E-state index is -0.879. The molecule has 5 nitrogen and oxygen atoms in total. The van der Waals surface area contributed by atoms with Crippen LogP contribution in [0.15, 0.2) is 11.6 Å². The molecule has 1 unspecified atom stereocenters. The van der Waals surface area contributed by atoms with Crippen molar-refractivity contribution in [3.8, 4) is 0 Å². The van der Waals surface area contributed by atoms with Crippen molar-refractivity contribution in [1.29, 1.82) is 0 Å². The lowest BCUT2D eigenvalue weighted by Gasteiger charge is -2.65. The van der Waals surface area contributed by atoms with Crippen molar-refractivity contribution in [3.63, 3.8) is 0 Å². The average Bonchev–Trinajstić information content (AvgIpc) is 3.39. The van der Waals surface area contributed by atoms with E-state index in [4.69, 9.17) is 30.5 Å². The third kappa shape index (κ3) is 2.01. The van der Waals surface area contributed by atoms with Crippen LogP contribution in [0.5, 0.6) is 0 Å². The minimum Gasteiger partial charge on any atom is -0.391 e. The fourth-order valence-corrected chi connectivity index (χ4v) is 9.84. The lowest BCUT2D eigenvalue weighted by Crippen LogP contribution is -2.71. The fraction of sp³-hybridized carbons (Fsp3) is 0.917. The summed E-state index contributed by atoms with van der Waals surface area (Å²) >= 11 is 7.65. The van der Waals surface area contributed by atoms with E-state index >= 15 is 0 Å². The van der Waals surface area contributed by atoms with E-state index < -0.39 is 22.4 Å². The molecule has 1 N–H and O–H groups in total. The molecule has 0 aromatic heterocycles. The molecule has 30 heavy (non-hydrogen) atoms. The predicted molar refractivity (Wildman–Crippen MR) is 112 cm³/mol. The first-order valence-electron chi connectivity index (χ1n) is 11.8. The molecule has 6 aliphatic rings. The van der Waals surface area contributed by atoms with Gasteiger partial charge in [0, 0.05) is 10.8 Å². The van der Waals surface area contributed by atoms with E-state index in [-0.39, 0.29) is 36.3 Å². The van der Waals surface area contributed by atoms with Gasteiger partial charge in [0.15, 0.2) is 13.6 Å². The Labute approximate surface area is 184 Å². The van der Waals surface area contributed by atoms with Crippen LogP contribution in [0.3, 0.4) is 0 Å². The summed E-state index contributed by atoms with van der Waals surface area (Å²) in [7, 11) is 0. The highest BCUT2D eigenvalue weighted by molar-refractivity contribution is 6.25. The largest absolute Gasteiger partial charge is 0.391 e. The summed E-state index contributed by atoms with van der Waals surface area (Å²) < 4.78 is 24.4. The fourth-order valence-electron chi connectivity index (χ4n) is 9.28. The Kier molecular flexibility index (Phi) is 4.25. The molecule has 0 aromatic carbocycles.